The van der Waals surface area contributed by atoms with Crippen molar-refractivity contribution in [3.05, 3.63) is 53.8 Å². The van der Waals surface area contributed by atoms with E-state index >= 15 is 0 Å². The molecule has 178 valence electrons. The number of aromatic nitrogens is 4. The number of anilines is 1. The maximum absolute atomic E-state index is 12.8. The zero-order valence-corrected chi connectivity index (χ0v) is 19.7. The normalized spacial score (nSPS) is 19.8. The van der Waals surface area contributed by atoms with Gasteiger partial charge < -0.3 is 19.5 Å². The molecule has 1 aromatic carbocycles. The van der Waals surface area contributed by atoms with Crippen LogP contribution in [-0.4, -0.2) is 56.3 Å². The van der Waals surface area contributed by atoms with Crippen LogP contribution in [0.1, 0.15) is 42.7 Å². The molecule has 0 saturated carbocycles. The van der Waals surface area contributed by atoms with Crippen LogP contribution < -0.4 is 5.32 Å². The maximum atomic E-state index is 12.8. The van der Waals surface area contributed by atoms with Crippen LogP contribution in [0, 0.1) is 19.8 Å². The summed E-state index contributed by atoms with van der Waals surface area (Å²) in [6, 6.07) is 5.95. The monoisotopic (exact) mass is 462 g/mol. The first kappa shape index (κ1) is 22.5. The first-order valence-corrected chi connectivity index (χ1v) is 11.9. The minimum absolute atomic E-state index is 0.0483. The zero-order valence-electron chi connectivity index (χ0n) is 19.7. The van der Waals surface area contributed by atoms with Crippen LogP contribution in [0.3, 0.4) is 0 Å². The third-order valence-electron chi connectivity index (χ3n) is 7.04. The average Bonchev–Trinajstić information content (AvgIpc) is 3.31. The molecule has 2 aliphatic rings. The van der Waals surface area contributed by atoms with Gasteiger partial charge in [0, 0.05) is 44.2 Å². The van der Waals surface area contributed by atoms with Crippen LogP contribution in [-0.2, 0) is 11.2 Å². The smallest absolute Gasteiger partial charge is 0.321 e. The molecule has 0 aliphatic carbocycles. The highest BCUT2D eigenvalue weighted by molar-refractivity contribution is 5.89. The van der Waals surface area contributed by atoms with Gasteiger partial charge in [0.25, 0.3) is 0 Å². The molecule has 9 nitrogen and oxygen atoms in total. The number of carbonyl (C=O) groups is 1. The van der Waals surface area contributed by atoms with Crippen molar-refractivity contribution in [3.8, 4) is 11.5 Å². The second-order valence-corrected chi connectivity index (χ2v) is 9.41. The predicted molar refractivity (Wildman–Crippen MR) is 126 cm³/mol. The lowest BCUT2D eigenvalue weighted by Crippen LogP contribution is -2.51. The summed E-state index contributed by atoms with van der Waals surface area (Å²) in [7, 11) is 0. The van der Waals surface area contributed by atoms with E-state index in [9.17, 15) is 4.79 Å². The molecular weight excluding hydrogens is 432 g/mol. The summed E-state index contributed by atoms with van der Waals surface area (Å²) >= 11 is 0. The van der Waals surface area contributed by atoms with Crippen molar-refractivity contribution in [3.63, 3.8) is 0 Å². The molecule has 1 unspecified atom stereocenters. The first-order valence-electron chi connectivity index (χ1n) is 11.9. The number of carbonyl (C=O) groups excluding carboxylic acids is 1. The van der Waals surface area contributed by atoms with Crippen molar-refractivity contribution in [2.24, 2.45) is 5.92 Å². The van der Waals surface area contributed by atoms with Crippen molar-refractivity contribution in [2.45, 2.75) is 51.6 Å². The van der Waals surface area contributed by atoms with Gasteiger partial charge in [-0.1, -0.05) is 11.2 Å². The molecule has 4 heterocycles. The zero-order chi connectivity index (χ0) is 23.5. The number of benzene rings is 1. The number of hydrogen-bond donors (Lipinski definition) is 1. The molecule has 1 spiro atoms. The summed E-state index contributed by atoms with van der Waals surface area (Å²) in [5.41, 5.74) is 3.64. The molecular formula is C25H30N6O3. The van der Waals surface area contributed by atoms with Gasteiger partial charge in [-0.3, -0.25) is 4.98 Å². The van der Waals surface area contributed by atoms with Gasteiger partial charge in [-0.05, 0) is 68.7 Å². The summed E-state index contributed by atoms with van der Waals surface area (Å²) in [5, 5.41) is 7.10. The minimum Gasteiger partial charge on any atom is -0.375 e. The Bertz CT molecular complexity index is 1140. The first-order chi connectivity index (χ1) is 16.5. The number of rotatable bonds is 4. The molecule has 0 bridgehead atoms. The fourth-order valence-corrected chi connectivity index (χ4v) is 4.89. The van der Waals surface area contributed by atoms with Crippen LogP contribution in [0.2, 0.25) is 0 Å². The van der Waals surface area contributed by atoms with Crippen LogP contribution in [0.25, 0.3) is 11.5 Å². The van der Waals surface area contributed by atoms with Gasteiger partial charge in [0.1, 0.15) is 5.69 Å². The van der Waals surface area contributed by atoms with Crippen molar-refractivity contribution < 1.29 is 14.1 Å². The van der Waals surface area contributed by atoms with Gasteiger partial charge in [0.05, 0.1) is 11.8 Å². The van der Waals surface area contributed by atoms with Gasteiger partial charge in [0.2, 0.25) is 11.7 Å². The number of nitrogens with zero attached hydrogens (tertiary/aromatic N) is 5. The van der Waals surface area contributed by atoms with Crippen molar-refractivity contribution >= 4 is 11.7 Å². The van der Waals surface area contributed by atoms with Gasteiger partial charge >= 0.3 is 6.03 Å². The summed E-state index contributed by atoms with van der Waals surface area (Å²) in [4.78, 5) is 27.5. The quantitative estimate of drug-likeness (QED) is 0.620. The number of aryl methyl sites for hydroxylation is 2. The molecule has 2 aliphatic heterocycles. The van der Waals surface area contributed by atoms with Crippen molar-refractivity contribution in [1.82, 2.24) is 25.0 Å². The number of amides is 2. The standard InChI is InChI=1S/C25H30N6O3/c1-17-3-4-20(13-18(17)2)28-24(32)31-10-6-25(7-11-31)15-19(5-12-33-25)14-22-29-23(30-34-22)21-16-26-8-9-27-21/h3-4,8-9,13,16,19H,5-7,10-12,14-15H2,1-2H3,(H,28,32). The van der Waals surface area contributed by atoms with Gasteiger partial charge in [-0.2, -0.15) is 4.98 Å². The number of urea groups is 1. The lowest BCUT2D eigenvalue weighted by Gasteiger charge is -2.46. The summed E-state index contributed by atoms with van der Waals surface area (Å²) in [6.45, 7) is 6.20. The van der Waals surface area contributed by atoms with E-state index in [1.54, 1.807) is 18.6 Å². The SMILES string of the molecule is Cc1ccc(NC(=O)N2CCC3(CC2)CC(Cc2nc(-c4cnccn4)no2)CCO3)cc1C. The Balaban J connectivity index is 1.15. The molecule has 5 rings (SSSR count). The molecule has 1 N–H and O–H groups in total. The van der Waals surface area contributed by atoms with Crippen LogP contribution in [0.4, 0.5) is 10.5 Å². The fourth-order valence-electron chi connectivity index (χ4n) is 4.89. The molecule has 3 aromatic rings. The van der Waals surface area contributed by atoms with Gasteiger partial charge in [-0.25, -0.2) is 9.78 Å². The Kier molecular flexibility index (Phi) is 6.28. The molecule has 0 radical (unpaired) electrons. The Morgan fingerprint density at radius 1 is 1.21 bits per heavy atom. The highest BCUT2D eigenvalue weighted by Crippen LogP contribution is 2.39. The number of hydrogen-bond acceptors (Lipinski definition) is 7. The van der Waals surface area contributed by atoms with E-state index in [2.05, 4.69) is 39.3 Å². The number of piperidine rings is 1. The second kappa shape index (κ2) is 9.50. The molecule has 2 amide bonds. The topological polar surface area (TPSA) is 106 Å². The van der Waals surface area contributed by atoms with E-state index in [4.69, 9.17) is 9.26 Å². The fraction of sp³-hybridized carbons (Fsp3) is 0.480. The average molecular weight is 463 g/mol. The maximum Gasteiger partial charge on any atom is 0.321 e. The minimum atomic E-state index is -0.187. The van der Waals surface area contributed by atoms with E-state index in [0.717, 1.165) is 37.8 Å². The Morgan fingerprint density at radius 2 is 2.06 bits per heavy atom. The molecule has 9 heteroatoms. The van der Waals surface area contributed by atoms with E-state index in [1.807, 2.05) is 23.1 Å². The van der Waals surface area contributed by atoms with Gasteiger partial charge in [-0.15, -0.1) is 0 Å². The lowest BCUT2D eigenvalue weighted by atomic mass is 9.78. The Hall–Kier alpha value is -3.33. The van der Waals surface area contributed by atoms with Crippen LogP contribution >= 0.6 is 0 Å². The highest BCUT2D eigenvalue weighted by atomic mass is 16.5. The number of likely N-dealkylation sites (tertiary alicyclic amines) is 1. The molecule has 2 fully saturated rings. The van der Waals surface area contributed by atoms with Crippen LogP contribution in [0.15, 0.2) is 41.3 Å². The van der Waals surface area contributed by atoms with E-state index in [-0.39, 0.29) is 11.6 Å². The van der Waals surface area contributed by atoms with E-state index < -0.39 is 0 Å². The van der Waals surface area contributed by atoms with Gasteiger partial charge in [0.15, 0.2) is 0 Å². The molecule has 2 saturated heterocycles. The van der Waals surface area contributed by atoms with Crippen molar-refractivity contribution in [1.29, 1.82) is 0 Å². The Labute approximate surface area is 198 Å². The van der Waals surface area contributed by atoms with E-state index in [1.165, 1.54) is 11.1 Å². The lowest BCUT2D eigenvalue weighted by molar-refractivity contribution is -0.123. The number of ether oxygens (including phenoxy) is 1. The molecule has 1 atom stereocenters. The number of nitrogens with one attached hydrogen (secondary N) is 1. The van der Waals surface area contributed by atoms with Crippen molar-refractivity contribution in [2.75, 3.05) is 25.0 Å². The predicted octanol–water partition coefficient (Wildman–Crippen LogP) is 4.18. The molecule has 34 heavy (non-hydrogen) atoms. The van der Waals surface area contributed by atoms with Crippen LogP contribution in [0.5, 0.6) is 0 Å². The Morgan fingerprint density at radius 3 is 2.82 bits per heavy atom. The molecule has 2 aromatic heterocycles. The highest BCUT2D eigenvalue weighted by Gasteiger charge is 2.41. The second-order valence-electron chi connectivity index (χ2n) is 9.41. The van der Waals surface area contributed by atoms with E-state index in [0.29, 0.717) is 43.0 Å². The largest absolute Gasteiger partial charge is 0.375 e. The third-order valence-corrected chi connectivity index (χ3v) is 7.04. The summed E-state index contributed by atoms with van der Waals surface area (Å²) in [5.74, 6) is 1.49. The summed E-state index contributed by atoms with van der Waals surface area (Å²) in [6.07, 6.45) is 9.13. The third kappa shape index (κ3) is 4.94. The summed E-state index contributed by atoms with van der Waals surface area (Å²) < 4.78 is 11.8.